The number of hydrogen-bond donors (Lipinski definition) is 3. The van der Waals surface area contributed by atoms with E-state index in [2.05, 4.69) is 15.0 Å². The molecule has 17 heteroatoms. The molecule has 0 bridgehead atoms. The van der Waals surface area contributed by atoms with Gasteiger partial charge in [-0.3, -0.25) is 24.0 Å². The van der Waals surface area contributed by atoms with Crippen molar-refractivity contribution in [3.8, 4) is 11.6 Å². The van der Waals surface area contributed by atoms with Crippen molar-refractivity contribution >= 4 is 44.6 Å². The van der Waals surface area contributed by atoms with E-state index in [9.17, 15) is 32.3 Å². The van der Waals surface area contributed by atoms with Crippen LogP contribution in [0.15, 0.2) is 42.6 Å². The highest BCUT2D eigenvalue weighted by Crippen LogP contribution is 2.48. The van der Waals surface area contributed by atoms with E-state index < -0.39 is 86.4 Å². The van der Waals surface area contributed by atoms with E-state index in [1.54, 1.807) is 26.0 Å². The number of aromatic nitrogens is 1. The zero-order valence-electron chi connectivity index (χ0n) is 33.3. The molecule has 2 saturated carbocycles. The molecule has 1 aromatic heterocycles. The van der Waals surface area contributed by atoms with Crippen LogP contribution in [0.2, 0.25) is 0 Å². The molecule has 3 N–H and O–H groups in total. The summed E-state index contributed by atoms with van der Waals surface area (Å²) in [5, 5.41) is 14.9. The van der Waals surface area contributed by atoms with Gasteiger partial charge in [0, 0.05) is 30.2 Å². The van der Waals surface area contributed by atoms with Crippen molar-refractivity contribution in [2.45, 2.75) is 107 Å². The Morgan fingerprint density at radius 2 is 1.84 bits per heavy atom. The van der Waals surface area contributed by atoms with Crippen LogP contribution >= 0.6 is 0 Å². The molecule has 15 nitrogen and oxygen atoms in total. The summed E-state index contributed by atoms with van der Waals surface area (Å²) in [6.07, 6.45) is 4.93. The topological polar surface area (TPSA) is 194 Å². The highest BCUT2D eigenvalue weighted by molar-refractivity contribution is 7.91. The zero-order valence-corrected chi connectivity index (χ0v) is 34.1. The highest BCUT2D eigenvalue weighted by atomic mass is 32.2. The van der Waals surface area contributed by atoms with E-state index >= 15 is 4.79 Å². The monoisotopic (exact) mass is 815 g/mol. The second kappa shape index (κ2) is 16.0. The van der Waals surface area contributed by atoms with E-state index in [-0.39, 0.29) is 50.6 Å². The normalized spacial score (nSPS) is 28.9. The summed E-state index contributed by atoms with van der Waals surface area (Å²) in [5.41, 5.74) is -2.86. The molecular formula is C40H54FN5O10S. The highest BCUT2D eigenvalue weighted by Gasteiger charge is 2.64. The molecule has 312 valence electrons. The van der Waals surface area contributed by atoms with Crippen LogP contribution in [0, 0.1) is 17.8 Å². The number of sulfonamides is 1. The number of alkyl halides is 1. The summed E-state index contributed by atoms with van der Waals surface area (Å²) in [4.78, 5) is 63.9. The molecule has 57 heavy (non-hydrogen) atoms. The third-order valence-electron chi connectivity index (χ3n) is 12.1. The quantitative estimate of drug-likeness (QED) is 0.276. The minimum Gasteiger partial charge on any atom is -0.494 e. The number of carboxylic acid groups (broad SMARTS) is 1. The molecule has 1 saturated heterocycles. The lowest BCUT2D eigenvalue weighted by Gasteiger charge is -2.45. The smallest absolute Gasteiger partial charge is 0.408 e. The van der Waals surface area contributed by atoms with Crippen LogP contribution in [-0.4, -0.2) is 120 Å². The van der Waals surface area contributed by atoms with E-state index in [1.165, 1.54) is 25.3 Å². The molecule has 2 aromatic rings. The Bertz CT molecular complexity index is 2030. The van der Waals surface area contributed by atoms with Gasteiger partial charge in [-0.15, -0.1) is 0 Å². The Balaban J connectivity index is 1.41. The lowest BCUT2D eigenvalue weighted by atomic mass is 9.85. The number of pyridine rings is 1. The van der Waals surface area contributed by atoms with Crippen molar-refractivity contribution in [3.05, 3.63) is 42.6 Å². The first-order chi connectivity index (χ1) is 26.9. The van der Waals surface area contributed by atoms with Crippen LogP contribution in [-0.2, 0) is 29.1 Å². The maximum atomic E-state index is 15.2. The SMILES string of the molecule is COCC(C)(C)N(C(=O)O)[C@@H]1C(=O)N2C[C@H](Oc3ncc(OC)c4ccccc34)C[C@H]2C(=O)N[C@]2(C(=O)NS(=O)(=O)C3(CF)CC3)C[C@H]2C=CCC[C@@H](C)C[C@H]1C. The van der Waals surface area contributed by atoms with Crippen LogP contribution in [0.3, 0.4) is 0 Å². The first-order valence-corrected chi connectivity index (χ1v) is 20.9. The van der Waals surface area contributed by atoms with E-state index in [4.69, 9.17) is 14.2 Å². The van der Waals surface area contributed by atoms with Crippen molar-refractivity contribution in [3.63, 3.8) is 0 Å². The van der Waals surface area contributed by atoms with Crippen molar-refractivity contribution in [1.82, 2.24) is 24.8 Å². The van der Waals surface area contributed by atoms with Crippen LogP contribution in [0.5, 0.6) is 11.6 Å². The zero-order chi connectivity index (χ0) is 41.5. The van der Waals surface area contributed by atoms with Crippen LogP contribution in [0.25, 0.3) is 10.8 Å². The Morgan fingerprint density at radius 3 is 2.47 bits per heavy atom. The lowest BCUT2D eigenvalue weighted by Crippen LogP contribution is -2.64. The summed E-state index contributed by atoms with van der Waals surface area (Å²) >= 11 is 0. The minimum absolute atomic E-state index is 0.0202. The van der Waals surface area contributed by atoms with Gasteiger partial charge in [-0.25, -0.2) is 22.6 Å². The fourth-order valence-electron chi connectivity index (χ4n) is 8.63. The molecule has 0 radical (unpaired) electrons. The van der Waals surface area contributed by atoms with E-state index in [0.29, 0.717) is 30.4 Å². The molecule has 7 atom stereocenters. The van der Waals surface area contributed by atoms with Gasteiger partial charge in [0.2, 0.25) is 27.7 Å². The van der Waals surface area contributed by atoms with Crippen LogP contribution in [0.1, 0.15) is 72.6 Å². The predicted molar refractivity (Wildman–Crippen MR) is 208 cm³/mol. The Kier molecular flexibility index (Phi) is 11.8. The minimum atomic E-state index is -4.41. The number of nitrogens with zero attached hydrogens (tertiary/aromatic N) is 3. The fraction of sp³-hybridized carbons (Fsp3) is 0.625. The van der Waals surface area contributed by atoms with Crippen LogP contribution in [0.4, 0.5) is 9.18 Å². The summed E-state index contributed by atoms with van der Waals surface area (Å²) in [6, 6.07) is 4.78. The van der Waals surface area contributed by atoms with E-state index in [1.807, 2.05) is 38.1 Å². The average Bonchev–Trinajstić information content (AvgIpc) is 4.06. The first kappa shape index (κ1) is 42.1. The fourth-order valence-corrected chi connectivity index (χ4v) is 10.1. The van der Waals surface area contributed by atoms with Gasteiger partial charge < -0.3 is 29.5 Å². The Labute approximate surface area is 332 Å². The molecule has 3 heterocycles. The van der Waals surface area contributed by atoms with Gasteiger partial charge in [0.05, 0.1) is 32.0 Å². The molecule has 2 aliphatic heterocycles. The van der Waals surface area contributed by atoms with E-state index in [0.717, 1.165) is 10.3 Å². The Morgan fingerprint density at radius 1 is 1.14 bits per heavy atom. The standard InChI is InChI=1S/C40H54FN5O10S/c1-24-11-7-8-12-26-19-40(26,36(49)44-57(52,53)39(22-41)15-16-39)43-33(47)30-18-27(56-34-29-14-10-9-13-28(29)31(55-6)20-42-34)21-45(30)35(48)32(25(2)17-24)46(37(50)51)38(3,4)23-54-5/h8-10,12-14,20,24-27,30,32H,7,11,15-19,21-23H2,1-6H3,(H,43,47)(H,44,49)(H,50,51)/t24-,25-,26-,27-,30+,32+,40-/m1/s1. The van der Waals surface area contributed by atoms with Gasteiger partial charge in [0.25, 0.3) is 5.91 Å². The first-order valence-electron chi connectivity index (χ1n) is 19.5. The second-order valence-corrected chi connectivity index (χ2v) is 18.9. The van der Waals surface area contributed by atoms with Crippen molar-refractivity contribution in [2.75, 3.05) is 34.0 Å². The summed E-state index contributed by atoms with van der Waals surface area (Å²) in [6.45, 7) is 5.90. The number of ether oxygens (including phenoxy) is 3. The summed E-state index contributed by atoms with van der Waals surface area (Å²) in [7, 11) is -1.44. The summed E-state index contributed by atoms with van der Waals surface area (Å²) in [5.74, 6) is -2.65. The van der Waals surface area contributed by atoms with Crippen LogP contribution < -0.4 is 19.5 Å². The molecule has 0 unspecified atom stereocenters. The van der Waals surface area contributed by atoms with Crippen molar-refractivity contribution in [1.29, 1.82) is 0 Å². The summed E-state index contributed by atoms with van der Waals surface area (Å²) < 4.78 is 58.1. The number of benzene rings is 1. The molecular weight excluding hydrogens is 762 g/mol. The van der Waals surface area contributed by atoms with Gasteiger partial charge in [-0.1, -0.05) is 44.2 Å². The number of rotatable bonds is 11. The maximum absolute atomic E-state index is 15.2. The molecule has 4 amide bonds. The largest absolute Gasteiger partial charge is 0.494 e. The third kappa shape index (κ3) is 8.14. The number of carbonyl (C=O) groups excluding carboxylic acids is 3. The van der Waals surface area contributed by atoms with Gasteiger partial charge >= 0.3 is 6.09 Å². The number of nitrogens with one attached hydrogen (secondary N) is 2. The number of allylic oxidation sites excluding steroid dienone is 1. The van der Waals surface area contributed by atoms with Crippen molar-refractivity contribution in [2.24, 2.45) is 17.8 Å². The Hall–Kier alpha value is -4.51. The van der Waals surface area contributed by atoms with Crippen molar-refractivity contribution < 1.29 is 51.3 Å². The number of halogens is 1. The van der Waals surface area contributed by atoms with Gasteiger partial charge in [-0.2, -0.15) is 0 Å². The maximum Gasteiger partial charge on any atom is 0.408 e. The molecule has 3 fully saturated rings. The molecule has 6 rings (SSSR count). The molecule has 1 aromatic carbocycles. The predicted octanol–water partition coefficient (Wildman–Crippen LogP) is 4.20. The van der Waals surface area contributed by atoms with Gasteiger partial charge in [0.15, 0.2) is 0 Å². The third-order valence-corrected chi connectivity index (χ3v) is 14.2. The second-order valence-electron chi connectivity index (χ2n) is 16.8. The number of amides is 4. The lowest BCUT2D eigenvalue weighted by molar-refractivity contribution is -0.147. The number of hydrogen-bond acceptors (Lipinski definition) is 10. The number of fused-ring (bicyclic) bond motifs is 3. The molecule has 2 aliphatic carbocycles. The van der Waals surface area contributed by atoms with Gasteiger partial charge in [-0.05, 0) is 70.3 Å². The molecule has 0 spiro atoms. The number of carbonyl (C=O) groups is 4. The molecule has 4 aliphatic rings. The average molecular weight is 816 g/mol. The number of methoxy groups -OCH3 is 2. The van der Waals surface area contributed by atoms with Gasteiger partial charge in [0.1, 0.15) is 40.9 Å².